The van der Waals surface area contributed by atoms with E-state index in [9.17, 15) is 4.79 Å². The summed E-state index contributed by atoms with van der Waals surface area (Å²) in [5, 5.41) is 9.50. The number of benzene rings is 1. The smallest absolute Gasteiger partial charge is 0.240 e. The lowest BCUT2D eigenvalue weighted by atomic mass is 10.1. The van der Waals surface area contributed by atoms with Crippen LogP contribution in [0.15, 0.2) is 52.2 Å². The molecule has 0 N–H and O–H groups in total. The van der Waals surface area contributed by atoms with E-state index in [0.29, 0.717) is 6.54 Å². The van der Waals surface area contributed by atoms with Crippen molar-refractivity contribution < 1.29 is 9.21 Å². The molecule has 8 heteroatoms. The minimum Gasteiger partial charge on any atom is -0.467 e. The predicted octanol–water partition coefficient (Wildman–Crippen LogP) is 3.98. The molecule has 2 aromatic heterocycles. The van der Waals surface area contributed by atoms with Gasteiger partial charge < -0.3 is 14.2 Å². The van der Waals surface area contributed by atoms with Gasteiger partial charge in [0.05, 0.1) is 18.1 Å². The molecule has 1 aromatic carbocycles. The first-order chi connectivity index (χ1) is 15.2. The average Bonchev–Trinajstić information content (AvgIpc) is 3.55. The highest BCUT2D eigenvalue weighted by molar-refractivity contribution is 8.00. The van der Waals surface area contributed by atoms with Crippen molar-refractivity contribution in [3.63, 3.8) is 0 Å². The molecule has 1 fully saturated rings. The highest BCUT2D eigenvalue weighted by atomic mass is 32.2. The summed E-state index contributed by atoms with van der Waals surface area (Å²) in [6.45, 7) is 5.23. The Hall–Kier alpha value is -2.74. The molecule has 7 nitrogen and oxygen atoms in total. The predicted molar refractivity (Wildman–Crippen MR) is 122 cm³/mol. The lowest BCUT2D eigenvalue weighted by Gasteiger charge is -2.27. The molecule has 1 atom stereocenters. The first-order valence-corrected chi connectivity index (χ1v) is 11.8. The number of furan rings is 1. The summed E-state index contributed by atoms with van der Waals surface area (Å²) in [6, 6.07) is 12.0. The summed E-state index contributed by atoms with van der Waals surface area (Å²) < 4.78 is 7.69. The number of carbonyl (C=O) groups is 1. The van der Waals surface area contributed by atoms with E-state index in [0.717, 1.165) is 48.6 Å². The number of anilines is 2. The molecule has 162 valence electrons. The summed E-state index contributed by atoms with van der Waals surface area (Å²) in [7, 11) is 0. The zero-order valence-corrected chi connectivity index (χ0v) is 18.6. The van der Waals surface area contributed by atoms with Crippen molar-refractivity contribution in [1.82, 2.24) is 14.8 Å². The van der Waals surface area contributed by atoms with Crippen LogP contribution in [-0.2, 0) is 17.8 Å². The molecule has 1 amide bonds. The van der Waals surface area contributed by atoms with Crippen LogP contribution >= 0.6 is 11.8 Å². The molecular formula is C23H27N5O2S. The molecule has 0 unspecified atom stereocenters. The zero-order valence-electron chi connectivity index (χ0n) is 17.7. The van der Waals surface area contributed by atoms with Crippen molar-refractivity contribution in [3.8, 4) is 0 Å². The number of para-hydroxylation sites is 1. The summed E-state index contributed by atoms with van der Waals surface area (Å²) in [6.07, 6.45) is 6.18. The minimum atomic E-state index is -0.264. The number of aromatic nitrogens is 3. The standard InChI is InChI=1S/C23H27N5O2S/c1-17(21(29)27-14-11-18-8-3-4-10-20(18)27)31-23-25-24-22(26-12-5-2-6-13-26)28(23)16-19-9-7-15-30-19/h3-4,7-10,15,17H,2,5-6,11-14,16H2,1H3/t17-/m0/s1. The summed E-state index contributed by atoms with van der Waals surface area (Å²) in [5.74, 6) is 1.83. The fourth-order valence-corrected chi connectivity index (χ4v) is 5.29. The zero-order chi connectivity index (χ0) is 21.2. The summed E-state index contributed by atoms with van der Waals surface area (Å²) >= 11 is 1.48. The molecule has 2 aliphatic rings. The maximum Gasteiger partial charge on any atom is 0.240 e. The van der Waals surface area contributed by atoms with Gasteiger partial charge in [0.2, 0.25) is 11.9 Å². The van der Waals surface area contributed by atoms with Crippen molar-refractivity contribution in [1.29, 1.82) is 0 Å². The number of thioether (sulfide) groups is 1. The van der Waals surface area contributed by atoms with Crippen molar-refractivity contribution in [2.75, 3.05) is 29.4 Å². The van der Waals surface area contributed by atoms with Crippen molar-refractivity contribution >= 4 is 29.3 Å². The van der Waals surface area contributed by atoms with Gasteiger partial charge in [-0.1, -0.05) is 30.0 Å². The Bertz CT molecular complexity index is 1040. The number of rotatable bonds is 6. The molecular weight excluding hydrogens is 410 g/mol. The van der Waals surface area contributed by atoms with E-state index in [4.69, 9.17) is 4.42 Å². The summed E-state index contributed by atoms with van der Waals surface area (Å²) in [4.78, 5) is 17.5. The van der Waals surface area contributed by atoms with E-state index in [1.54, 1.807) is 6.26 Å². The van der Waals surface area contributed by atoms with Crippen LogP contribution in [0.3, 0.4) is 0 Å². The van der Waals surface area contributed by atoms with E-state index < -0.39 is 0 Å². The van der Waals surface area contributed by atoms with Crippen molar-refractivity contribution in [2.45, 2.75) is 49.6 Å². The second kappa shape index (κ2) is 8.78. The van der Waals surface area contributed by atoms with E-state index in [2.05, 4.69) is 25.7 Å². The largest absolute Gasteiger partial charge is 0.467 e. The maximum absolute atomic E-state index is 13.3. The van der Waals surface area contributed by atoms with E-state index in [-0.39, 0.29) is 11.2 Å². The van der Waals surface area contributed by atoms with Crippen LogP contribution in [-0.4, -0.2) is 45.6 Å². The van der Waals surface area contributed by atoms with Gasteiger partial charge in [0.25, 0.3) is 0 Å². The maximum atomic E-state index is 13.3. The molecule has 0 spiro atoms. The fraction of sp³-hybridized carbons (Fsp3) is 0.435. The number of piperidine rings is 1. The van der Waals surface area contributed by atoms with Crippen molar-refractivity contribution in [3.05, 3.63) is 54.0 Å². The Morgan fingerprint density at radius 2 is 1.94 bits per heavy atom. The van der Waals surface area contributed by atoms with Crippen LogP contribution < -0.4 is 9.80 Å². The van der Waals surface area contributed by atoms with Crippen molar-refractivity contribution in [2.24, 2.45) is 0 Å². The Kier molecular flexibility index (Phi) is 5.72. The van der Waals surface area contributed by atoms with Gasteiger partial charge >= 0.3 is 0 Å². The number of hydrogen-bond donors (Lipinski definition) is 0. The van der Waals surface area contributed by atoms with Gasteiger partial charge in [0.1, 0.15) is 5.76 Å². The van der Waals surface area contributed by atoms with Crippen LogP contribution in [0.5, 0.6) is 0 Å². The molecule has 31 heavy (non-hydrogen) atoms. The molecule has 0 aliphatic carbocycles. The lowest BCUT2D eigenvalue weighted by molar-refractivity contribution is -0.117. The average molecular weight is 438 g/mol. The van der Waals surface area contributed by atoms with Gasteiger partial charge in [-0.2, -0.15) is 0 Å². The SMILES string of the molecule is C[C@H](Sc1nnc(N2CCCCC2)n1Cc1ccco1)C(=O)N1CCc2ccccc21. The van der Waals surface area contributed by atoms with Crippen LogP contribution in [0.4, 0.5) is 11.6 Å². The second-order valence-electron chi connectivity index (χ2n) is 8.12. The number of amides is 1. The van der Waals surface area contributed by atoms with Crippen LogP contribution in [0, 0.1) is 0 Å². The first-order valence-electron chi connectivity index (χ1n) is 11.0. The second-order valence-corrected chi connectivity index (χ2v) is 9.43. The molecule has 1 saturated heterocycles. The third-order valence-corrected chi connectivity index (χ3v) is 7.08. The van der Waals surface area contributed by atoms with Crippen LogP contribution in [0.1, 0.15) is 37.5 Å². The lowest BCUT2D eigenvalue weighted by Crippen LogP contribution is -2.35. The monoisotopic (exact) mass is 437 g/mol. The Balaban J connectivity index is 1.38. The van der Waals surface area contributed by atoms with Gasteiger partial charge in [-0.15, -0.1) is 10.2 Å². The molecule has 4 heterocycles. The van der Waals surface area contributed by atoms with Crippen LogP contribution in [0.2, 0.25) is 0 Å². The molecule has 3 aromatic rings. The molecule has 2 aliphatic heterocycles. The summed E-state index contributed by atoms with van der Waals surface area (Å²) in [5.41, 5.74) is 2.27. The number of fused-ring (bicyclic) bond motifs is 1. The van der Waals surface area contributed by atoms with Crippen LogP contribution in [0.25, 0.3) is 0 Å². The normalized spacial score (nSPS) is 17.1. The van der Waals surface area contributed by atoms with E-state index in [1.807, 2.05) is 42.2 Å². The van der Waals surface area contributed by atoms with Gasteiger partial charge in [0.15, 0.2) is 5.16 Å². The molecule has 0 bridgehead atoms. The van der Waals surface area contributed by atoms with Gasteiger partial charge in [-0.25, -0.2) is 0 Å². The van der Waals surface area contributed by atoms with E-state index >= 15 is 0 Å². The number of nitrogens with zero attached hydrogens (tertiary/aromatic N) is 5. The number of hydrogen-bond acceptors (Lipinski definition) is 6. The fourth-order valence-electron chi connectivity index (χ4n) is 4.39. The van der Waals surface area contributed by atoms with Gasteiger partial charge in [-0.3, -0.25) is 9.36 Å². The topological polar surface area (TPSA) is 67.4 Å². The van der Waals surface area contributed by atoms with Gasteiger partial charge in [-0.05, 0) is 56.4 Å². The highest BCUT2D eigenvalue weighted by Gasteiger charge is 2.30. The third kappa shape index (κ3) is 4.08. The molecule has 5 rings (SSSR count). The van der Waals surface area contributed by atoms with E-state index in [1.165, 1.54) is 36.6 Å². The Morgan fingerprint density at radius 3 is 2.74 bits per heavy atom. The first kappa shape index (κ1) is 20.2. The van der Waals surface area contributed by atoms with Gasteiger partial charge in [0, 0.05) is 25.3 Å². The minimum absolute atomic E-state index is 0.113. The molecule has 0 saturated carbocycles. The highest BCUT2D eigenvalue weighted by Crippen LogP contribution is 2.33. The molecule has 0 radical (unpaired) electrons. The third-order valence-electron chi connectivity index (χ3n) is 6.01. The Labute approximate surface area is 186 Å². The quantitative estimate of drug-likeness (QED) is 0.544. The Morgan fingerprint density at radius 1 is 1.10 bits per heavy atom. The number of carbonyl (C=O) groups excluding carboxylic acids is 1.